The molecule has 0 aliphatic heterocycles. The number of allylic oxidation sites excluding steroid dienone is 1. The molecule has 0 aliphatic carbocycles. The Morgan fingerprint density at radius 3 is 1.39 bits per heavy atom. The van der Waals surface area contributed by atoms with E-state index in [2.05, 4.69) is 22.2 Å². The van der Waals surface area contributed by atoms with Gasteiger partial charge in [-0.1, -0.05) is 95.9 Å². The van der Waals surface area contributed by atoms with Crippen LogP contribution in [0.4, 0.5) is 0 Å². The first kappa shape index (κ1) is 18.2. The van der Waals surface area contributed by atoms with Crippen LogP contribution in [-0.2, 0) is 0 Å². The van der Waals surface area contributed by atoms with Gasteiger partial charge in [-0.2, -0.15) is 0 Å². The molecular weight excluding hydrogens is 235 g/mol. The summed E-state index contributed by atoms with van der Waals surface area (Å²) in [7, 11) is 4.06. The summed E-state index contributed by atoms with van der Waals surface area (Å²) in [5, 5.41) is 0. The molecule has 0 aromatic heterocycles. The van der Waals surface area contributed by atoms with E-state index in [1.54, 1.807) is 0 Å². The molecule has 2 radical (unpaired) electrons. The lowest BCUT2D eigenvalue weighted by Gasteiger charge is -2.02. The van der Waals surface area contributed by atoms with Crippen molar-refractivity contribution < 1.29 is 0 Å². The molecule has 0 atom stereocenters. The Kier molecular flexibility index (Phi) is 17.3. The minimum Gasteiger partial charge on any atom is -0.0834 e. The second-order valence-corrected chi connectivity index (χ2v) is 5.71. The minimum atomic E-state index is 1.21. The van der Waals surface area contributed by atoms with Gasteiger partial charge in [0.1, 0.15) is 0 Å². The highest BCUT2D eigenvalue weighted by atomic mass is 31.0. The van der Waals surface area contributed by atoms with Gasteiger partial charge < -0.3 is 0 Å². The van der Waals surface area contributed by atoms with Gasteiger partial charge in [0.05, 0.1) is 0 Å². The van der Waals surface area contributed by atoms with Crippen molar-refractivity contribution in [1.29, 1.82) is 0 Å². The lowest BCUT2D eigenvalue weighted by atomic mass is 10.0. The largest absolute Gasteiger partial charge is 0.0834 e. The van der Waals surface area contributed by atoms with Gasteiger partial charge in [-0.05, 0) is 22.1 Å². The molecule has 0 aromatic rings. The molecule has 18 heavy (non-hydrogen) atoms. The van der Waals surface area contributed by atoms with E-state index in [1.807, 2.05) is 5.82 Å². The van der Waals surface area contributed by atoms with Crippen LogP contribution in [-0.4, -0.2) is 0 Å². The standard InChI is InChI=1S/C17H33P/c1-2-3-4-5-6-7-8-9-10-11-12-13-14-15-16-17-18/h16-17H,2-15H2,1H3/b17-16+. The van der Waals surface area contributed by atoms with E-state index in [0.29, 0.717) is 0 Å². The van der Waals surface area contributed by atoms with Gasteiger partial charge in [0.25, 0.3) is 0 Å². The Morgan fingerprint density at radius 2 is 1.00 bits per heavy atom. The highest BCUT2D eigenvalue weighted by Gasteiger charge is 1.93. The maximum Gasteiger partial charge on any atom is -0.0146 e. The van der Waals surface area contributed by atoms with Gasteiger partial charge in [-0.3, -0.25) is 0 Å². The molecular formula is C17H33P. The van der Waals surface area contributed by atoms with Crippen LogP contribution < -0.4 is 0 Å². The van der Waals surface area contributed by atoms with Crippen LogP contribution in [0.5, 0.6) is 0 Å². The quantitative estimate of drug-likeness (QED) is 0.227. The zero-order valence-electron chi connectivity index (χ0n) is 12.5. The van der Waals surface area contributed by atoms with Crippen molar-refractivity contribution in [3.63, 3.8) is 0 Å². The lowest BCUT2D eigenvalue weighted by Crippen LogP contribution is -1.82. The van der Waals surface area contributed by atoms with E-state index in [9.17, 15) is 0 Å². The first-order chi connectivity index (χ1) is 8.91. The van der Waals surface area contributed by atoms with Gasteiger partial charge in [0.2, 0.25) is 0 Å². The first-order valence-electron chi connectivity index (χ1n) is 8.21. The monoisotopic (exact) mass is 268 g/mol. The molecule has 0 aliphatic rings. The van der Waals surface area contributed by atoms with Crippen molar-refractivity contribution in [2.45, 2.75) is 96.8 Å². The molecule has 0 fully saturated rings. The van der Waals surface area contributed by atoms with E-state index in [1.165, 1.54) is 89.9 Å². The summed E-state index contributed by atoms with van der Waals surface area (Å²) >= 11 is 0. The second kappa shape index (κ2) is 17.2. The summed E-state index contributed by atoms with van der Waals surface area (Å²) < 4.78 is 0. The Labute approximate surface area is 118 Å². The molecule has 0 heterocycles. The fourth-order valence-corrected chi connectivity index (χ4v) is 2.50. The van der Waals surface area contributed by atoms with Crippen molar-refractivity contribution >= 4 is 9.24 Å². The summed E-state index contributed by atoms with van der Waals surface area (Å²) in [4.78, 5) is 0. The van der Waals surface area contributed by atoms with Crippen molar-refractivity contribution in [2.24, 2.45) is 0 Å². The molecule has 0 nitrogen and oxygen atoms in total. The van der Waals surface area contributed by atoms with E-state index < -0.39 is 0 Å². The lowest BCUT2D eigenvalue weighted by molar-refractivity contribution is 0.540. The third-order valence-electron chi connectivity index (χ3n) is 3.58. The van der Waals surface area contributed by atoms with Crippen LogP contribution in [0.3, 0.4) is 0 Å². The van der Waals surface area contributed by atoms with Gasteiger partial charge in [0, 0.05) is 0 Å². The van der Waals surface area contributed by atoms with Crippen LogP contribution in [0.25, 0.3) is 0 Å². The number of hydrogen-bond donors (Lipinski definition) is 0. The normalized spacial score (nSPS) is 11.4. The fourth-order valence-electron chi connectivity index (χ4n) is 2.35. The Morgan fingerprint density at radius 1 is 0.611 bits per heavy atom. The molecule has 0 aromatic carbocycles. The van der Waals surface area contributed by atoms with Crippen LogP contribution in [0, 0.1) is 0 Å². The van der Waals surface area contributed by atoms with Crippen molar-refractivity contribution in [3.8, 4) is 0 Å². The summed E-state index contributed by atoms with van der Waals surface area (Å²) in [5.74, 6) is 1.86. The van der Waals surface area contributed by atoms with Crippen LogP contribution in [0.1, 0.15) is 96.8 Å². The third kappa shape index (κ3) is 16.2. The van der Waals surface area contributed by atoms with E-state index >= 15 is 0 Å². The third-order valence-corrected chi connectivity index (χ3v) is 3.79. The molecule has 0 saturated carbocycles. The molecule has 1 heteroatoms. The molecule has 0 unspecified atom stereocenters. The minimum absolute atomic E-state index is 1.21. The molecule has 0 bridgehead atoms. The summed E-state index contributed by atoms with van der Waals surface area (Å²) in [6, 6.07) is 0. The second-order valence-electron chi connectivity index (χ2n) is 5.42. The maximum atomic E-state index is 4.06. The zero-order chi connectivity index (χ0) is 13.3. The SMILES string of the molecule is CCCCCCCCCCCCCCC/C=C/[P]. The molecule has 0 amide bonds. The molecule has 0 spiro atoms. The van der Waals surface area contributed by atoms with Crippen molar-refractivity contribution in [1.82, 2.24) is 0 Å². The highest BCUT2D eigenvalue weighted by molar-refractivity contribution is 7.20. The predicted octanol–water partition coefficient (Wildman–Crippen LogP) is 7.39. The molecule has 0 N–H and O–H groups in total. The van der Waals surface area contributed by atoms with Crippen molar-refractivity contribution in [2.75, 3.05) is 0 Å². The van der Waals surface area contributed by atoms with Crippen LogP contribution in [0.2, 0.25) is 0 Å². The summed E-state index contributed by atoms with van der Waals surface area (Å²) in [6.45, 7) is 2.29. The van der Waals surface area contributed by atoms with E-state index in [4.69, 9.17) is 0 Å². The predicted molar refractivity (Wildman–Crippen MR) is 86.4 cm³/mol. The fraction of sp³-hybridized carbons (Fsp3) is 0.882. The summed E-state index contributed by atoms with van der Waals surface area (Å²) in [5.41, 5.74) is 0. The van der Waals surface area contributed by atoms with Gasteiger partial charge >= 0.3 is 0 Å². The molecule has 106 valence electrons. The summed E-state index contributed by atoms with van der Waals surface area (Å²) in [6.07, 6.45) is 22.0. The number of unbranched alkanes of at least 4 members (excludes halogenated alkanes) is 13. The van der Waals surface area contributed by atoms with Crippen LogP contribution in [0.15, 0.2) is 11.9 Å². The first-order valence-corrected chi connectivity index (χ1v) is 8.72. The smallest absolute Gasteiger partial charge is 0.0146 e. The average molecular weight is 268 g/mol. The highest BCUT2D eigenvalue weighted by Crippen LogP contribution is 2.12. The average Bonchev–Trinajstić information content (AvgIpc) is 2.39. The van der Waals surface area contributed by atoms with Gasteiger partial charge in [0.15, 0.2) is 0 Å². The van der Waals surface area contributed by atoms with Crippen LogP contribution >= 0.6 is 9.24 Å². The number of rotatable bonds is 14. The van der Waals surface area contributed by atoms with E-state index in [0.717, 1.165) is 0 Å². The van der Waals surface area contributed by atoms with Gasteiger partial charge in [-0.15, -0.1) is 0 Å². The number of hydrogen-bond acceptors (Lipinski definition) is 0. The zero-order valence-corrected chi connectivity index (χ0v) is 13.4. The topological polar surface area (TPSA) is 0 Å². The van der Waals surface area contributed by atoms with E-state index in [-0.39, 0.29) is 0 Å². The molecule has 0 rings (SSSR count). The van der Waals surface area contributed by atoms with Crippen molar-refractivity contribution in [3.05, 3.63) is 11.9 Å². The molecule has 0 saturated heterocycles. The van der Waals surface area contributed by atoms with Gasteiger partial charge in [-0.25, -0.2) is 0 Å². The Balaban J connectivity index is 2.90. The Hall–Kier alpha value is 0.170. The Bertz CT molecular complexity index is 163. The maximum absolute atomic E-state index is 4.06.